The van der Waals surface area contributed by atoms with Gasteiger partial charge in [0, 0.05) is 13.1 Å². The van der Waals surface area contributed by atoms with Crippen molar-refractivity contribution in [3.8, 4) is 0 Å². The average molecular weight is 282 g/mol. The van der Waals surface area contributed by atoms with Gasteiger partial charge in [0.25, 0.3) is 5.91 Å². The fourth-order valence-electron chi connectivity index (χ4n) is 1.98. The van der Waals surface area contributed by atoms with Crippen LogP contribution in [0.1, 0.15) is 10.4 Å². The van der Waals surface area contributed by atoms with Crippen LogP contribution in [0.2, 0.25) is 0 Å². The summed E-state index contributed by atoms with van der Waals surface area (Å²) in [6.45, 7) is -0.266. The Labute approximate surface area is 114 Å². The highest BCUT2D eigenvalue weighted by atomic mass is 19.1. The number of hydrogen-bond acceptors (Lipinski definition) is 4. The van der Waals surface area contributed by atoms with E-state index in [1.54, 1.807) is 0 Å². The van der Waals surface area contributed by atoms with Gasteiger partial charge >= 0.3 is 0 Å². The fourth-order valence-corrected chi connectivity index (χ4v) is 1.98. The van der Waals surface area contributed by atoms with E-state index in [-0.39, 0.29) is 25.2 Å². The molecule has 1 aromatic rings. The van der Waals surface area contributed by atoms with Crippen molar-refractivity contribution in [2.45, 2.75) is 12.2 Å². The van der Waals surface area contributed by atoms with Crippen LogP contribution in [0.25, 0.3) is 0 Å². The van der Waals surface area contributed by atoms with Gasteiger partial charge in [-0.15, -0.1) is 0 Å². The fraction of sp³-hybridized carbons (Fsp3) is 0.385. The van der Waals surface area contributed by atoms with Crippen molar-refractivity contribution in [3.05, 3.63) is 35.6 Å². The summed E-state index contributed by atoms with van der Waals surface area (Å²) in [5.74, 6) is -1.79. The van der Waals surface area contributed by atoms with Gasteiger partial charge < -0.3 is 20.4 Å². The second-order valence-corrected chi connectivity index (χ2v) is 4.60. The van der Waals surface area contributed by atoms with Crippen molar-refractivity contribution in [1.29, 1.82) is 0 Å². The Balaban J connectivity index is 1.88. The van der Waals surface area contributed by atoms with Crippen molar-refractivity contribution in [2.24, 2.45) is 0 Å². The second-order valence-electron chi connectivity index (χ2n) is 4.60. The average Bonchev–Trinajstić information content (AvgIpc) is 2.76. The summed E-state index contributed by atoms with van der Waals surface area (Å²) in [6.07, 6.45) is -1.94. The largest absolute Gasteiger partial charge is 0.388 e. The number of aliphatic hydroxyl groups is 2. The van der Waals surface area contributed by atoms with Gasteiger partial charge in [-0.3, -0.25) is 9.59 Å². The number of aliphatic hydroxyl groups excluding tert-OH is 2. The summed E-state index contributed by atoms with van der Waals surface area (Å²) in [5, 5.41) is 21.0. The molecule has 0 aliphatic carbocycles. The first kappa shape index (κ1) is 14.4. The highest BCUT2D eigenvalue weighted by Gasteiger charge is 2.32. The monoisotopic (exact) mass is 282 g/mol. The topological polar surface area (TPSA) is 89.9 Å². The molecular formula is C13H15FN2O4. The molecule has 1 aromatic carbocycles. The first-order valence-corrected chi connectivity index (χ1v) is 6.15. The lowest BCUT2D eigenvalue weighted by molar-refractivity contribution is -0.129. The van der Waals surface area contributed by atoms with E-state index in [4.69, 9.17) is 0 Å². The third kappa shape index (κ3) is 3.12. The number of β-amino-alcohol motifs (C(OH)–C–C–N with tert-alkyl or cyclic N) is 2. The summed E-state index contributed by atoms with van der Waals surface area (Å²) < 4.78 is 13.3. The Kier molecular flexibility index (Phi) is 4.31. The standard InChI is InChI=1S/C13H15FN2O4/c14-9-4-2-1-3-8(9)13(20)15-5-12(19)16-6-10(17)11(18)7-16/h1-4,10-11,17-18H,5-7H2,(H,15,20)/t10-,11+. The molecule has 20 heavy (non-hydrogen) atoms. The Bertz CT molecular complexity index is 513. The molecule has 0 spiro atoms. The number of nitrogens with zero attached hydrogens (tertiary/aromatic N) is 1. The van der Waals surface area contributed by atoms with E-state index in [9.17, 15) is 24.2 Å². The molecule has 0 bridgehead atoms. The molecule has 1 saturated heterocycles. The molecular weight excluding hydrogens is 267 g/mol. The molecule has 7 heteroatoms. The lowest BCUT2D eigenvalue weighted by Crippen LogP contribution is -2.39. The number of carbonyl (C=O) groups excluding carboxylic acids is 2. The third-order valence-electron chi connectivity index (χ3n) is 3.13. The van der Waals surface area contributed by atoms with Crippen molar-refractivity contribution in [3.63, 3.8) is 0 Å². The summed E-state index contributed by atoms with van der Waals surface area (Å²) in [7, 11) is 0. The summed E-state index contributed by atoms with van der Waals surface area (Å²) >= 11 is 0. The van der Waals surface area contributed by atoms with Crippen molar-refractivity contribution >= 4 is 11.8 Å². The quantitative estimate of drug-likeness (QED) is 0.671. The van der Waals surface area contributed by atoms with Crippen LogP contribution in [-0.2, 0) is 4.79 Å². The number of nitrogens with one attached hydrogen (secondary N) is 1. The van der Waals surface area contributed by atoms with E-state index >= 15 is 0 Å². The maximum atomic E-state index is 13.3. The van der Waals surface area contributed by atoms with Crippen LogP contribution >= 0.6 is 0 Å². The number of carbonyl (C=O) groups is 2. The molecule has 2 amide bonds. The third-order valence-corrected chi connectivity index (χ3v) is 3.13. The Morgan fingerprint density at radius 1 is 1.25 bits per heavy atom. The van der Waals surface area contributed by atoms with Crippen LogP contribution in [0.5, 0.6) is 0 Å². The molecule has 3 N–H and O–H groups in total. The molecule has 2 rings (SSSR count). The smallest absolute Gasteiger partial charge is 0.254 e. The number of likely N-dealkylation sites (tertiary alicyclic amines) is 1. The normalized spacial score (nSPS) is 21.9. The summed E-state index contributed by atoms with van der Waals surface area (Å²) in [5.41, 5.74) is -0.137. The van der Waals surface area contributed by atoms with Gasteiger partial charge in [-0.05, 0) is 12.1 Å². The van der Waals surface area contributed by atoms with Gasteiger partial charge in [0.05, 0.1) is 24.3 Å². The Morgan fingerprint density at radius 2 is 1.85 bits per heavy atom. The van der Waals surface area contributed by atoms with Gasteiger partial charge in [0.15, 0.2) is 0 Å². The highest BCUT2D eigenvalue weighted by Crippen LogP contribution is 2.10. The molecule has 6 nitrogen and oxygen atoms in total. The van der Waals surface area contributed by atoms with Crippen molar-refractivity contribution in [2.75, 3.05) is 19.6 Å². The maximum Gasteiger partial charge on any atom is 0.254 e. The second kappa shape index (κ2) is 5.98. The number of halogens is 1. The van der Waals surface area contributed by atoms with Gasteiger partial charge in [-0.25, -0.2) is 4.39 Å². The molecule has 1 fully saturated rings. The van der Waals surface area contributed by atoms with Crippen molar-refractivity contribution in [1.82, 2.24) is 10.2 Å². The van der Waals surface area contributed by atoms with Gasteiger partial charge in [0.2, 0.25) is 5.91 Å². The first-order valence-electron chi connectivity index (χ1n) is 6.15. The van der Waals surface area contributed by atoms with E-state index in [1.165, 1.54) is 23.1 Å². The zero-order chi connectivity index (χ0) is 14.7. The molecule has 1 heterocycles. The number of benzene rings is 1. The predicted octanol–water partition coefficient (Wildman–Crippen LogP) is -0.880. The number of rotatable bonds is 3. The Hall–Kier alpha value is -1.99. The molecule has 0 unspecified atom stereocenters. The predicted molar refractivity (Wildman–Crippen MR) is 67.3 cm³/mol. The van der Waals surface area contributed by atoms with Crippen LogP contribution < -0.4 is 5.32 Å². The number of amides is 2. The van der Waals surface area contributed by atoms with Crippen molar-refractivity contribution < 1.29 is 24.2 Å². The van der Waals surface area contributed by atoms with E-state index in [0.717, 1.165) is 6.07 Å². The van der Waals surface area contributed by atoms with E-state index in [0.29, 0.717) is 0 Å². The zero-order valence-electron chi connectivity index (χ0n) is 10.6. The van der Waals surface area contributed by atoms with Gasteiger partial charge in [0.1, 0.15) is 5.82 Å². The Morgan fingerprint density at radius 3 is 2.45 bits per heavy atom. The van der Waals surface area contributed by atoms with Crippen LogP contribution in [0.3, 0.4) is 0 Å². The molecule has 0 saturated carbocycles. The SMILES string of the molecule is O=C(NCC(=O)N1C[C@@H](O)[C@@H](O)C1)c1ccccc1F. The number of hydrogen-bond donors (Lipinski definition) is 3. The minimum absolute atomic E-state index is 0.0234. The summed E-state index contributed by atoms with van der Waals surface area (Å²) in [4.78, 5) is 24.7. The maximum absolute atomic E-state index is 13.3. The first-order chi connectivity index (χ1) is 9.49. The highest BCUT2D eigenvalue weighted by molar-refractivity contribution is 5.96. The lowest BCUT2D eigenvalue weighted by atomic mass is 10.2. The molecule has 1 aliphatic heterocycles. The molecule has 0 aromatic heterocycles. The van der Waals surface area contributed by atoms with Crippen LogP contribution in [-0.4, -0.2) is 58.8 Å². The minimum Gasteiger partial charge on any atom is -0.388 e. The zero-order valence-corrected chi connectivity index (χ0v) is 10.6. The van der Waals surface area contributed by atoms with Crippen LogP contribution in [0.4, 0.5) is 4.39 Å². The lowest BCUT2D eigenvalue weighted by Gasteiger charge is -2.15. The van der Waals surface area contributed by atoms with Gasteiger partial charge in [-0.1, -0.05) is 12.1 Å². The van der Waals surface area contributed by atoms with Gasteiger partial charge in [-0.2, -0.15) is 0 Å². The van der Waals surface area contributed by atoms with E-state index in [1.807, 2.05) is 0 Å². The van der Waals surface area contributed by atoms with E-state index < -0.39 is 29.8 Å². The molecule has 1 aliphatic rings. The minimum atomic E-state index is -0.971. The summed E-state index contributed by atoms with van der Waals surface area (Å²) in [6, 6.07) is 5.46. The van der Waals surface area contributed by atoms with E-state index in [2.05, 4.69) is 5.32 Å². The molecule has 0 radical (unpaired) electrons. The molecule has 108 valence electrons. The van der Waals surface area contributed by atoms with Crippen LogP contribution in [0, 0.1) is 5.82 Å². The van der Waals surface area contributed by atoms with Crippen LogP contribution in [0.15, 0.2) is 24.3 Å². The molecule has 2 atom stereocenters.